The van der Waals surface area contributed by atoms with E-state index in [0.717, 1.165) is 19.3 Å². The Morgan fingerprint density at radius 3 is 2.72 bits per heavy atom. The lowest BCUT2D eigenvalue weighted by molar-refractivity contribution is -0.221. The van der Waals surface area contributed by atoms with Crippen LogP contribution in [0.2, 0.25) is 0 Å². The Morgan fingerprint density at radius 2 is 2.22 bits per heavy atom. The Balaban J connectivity index is 2.07. The van der Waals surface area contributed by atoms with Gasteiger partial charge in [0.25, 0.3) is 0 Å². The van der Waals surface area contributed by atoms with E-state index in [1.54, 1.807) is 0 Å². The first-order chi connectivity index (χ1) is 8.28. The number of fused-ring (bicyclic) bond motifs is 3. The third-order valence-electron chi connectivity index (χ3n) is 4.52. The summed E-state index contributed by atoms with van der Waals surface area (Å²) < 4.78 is 11.0. The van der Waals surface area contributed by atoms with Gasteiger partial charge in [-0.3, -0.25) is 9.59 Å². The zero-order valence-electron chi connectivity index (χ0n) is 11.6. The first kappa shape index (κ1) is 13.4. The highest BCUT2D eigenvalue weighted by Crippen LogP contribution is 2.43. The normalized spacial score (nSPS) is 35.2. The van der Waals surface area contributed by atoms with E-state index >= 15 is 0 Å². The van der Waals surface area contributed by atoms with Gasteiger partial charge in [0, 0.05) is 6.42 Å². The number of carbonyl (C=O) groups is 2. The second kappa shape index (κ2) is 4.25. The van der Waals surface area contributed by atoms with Crippen LogP contribution < -0.4 is 0 Å². The summed E-state index contributed by atoms with van der Waals surface area (Å²) in [6, 6.07) is 0. The highest BCUT2D eigenvalue weighted by Gasteiger charge is 2.53. The number of hydrogen-bond acceptors (Lipinski definition) is 4. The Bertz CT molecular complexity index is 374. The molecular formula is C14H22O4. The van der Waals surface area contributed by atoms with Crippen LogP contribution in [-0.4, -0.2) is 23.6 Å². The molecule has 3 fully saturated rings. The van der Waals surface area contributed by atoms with E-state index in [2.05, 4.69) is 0 Å². The number of carbonyl (C=O) groups excluding carboxylic acids is 2. The van der Waals surface area contributed by atoms with Crippen LogP contribution in [-0.2, 0) is 19.1 Å². The van der Waals surface area contributed by atoms with E-state index in [-0.39, 0.29) is 24.0 Å². The van der Waals surface area contributed by atoms with Gasteiger partial charge in [-0.2, -0.15) is 0 Å². The molecule has 2 aliphatic heterocycles. The van der Waals surface area contributed by atoms with Gasteiger partial charge in [0.1, 0.15) is 11.7 Å². The molecule has 0 N–H and O–H groups in total. The molecule has 4 nitrogen and oxygen atoms in total. The van der Waals surface area contributed by atoms with Crippen molar-refractivity contribution in [3.8, 4) is 0 Å². The lowest BCUT2D eigenvalue weighted by Gasteiger charge is -2.48. The van der Waals surface area contributed by atoms with Crippen LogP contribution >= 0.6 is 0 Å². The molecule has 2 bridgehead atoms. The van der Waals surface area contributed by atoms with E-state index in [0.29, 0.717) is 6.42 Å². The molecule has 0 aromatic heterocycles. The molecule has 1 saturated carbocycles. The second-order valence-electron chi connectivity index (χ2n) is 6.34. The van der Waals surface area contributed by atoms with Crippen molar-refractivity contribution < 1.29 is 19.1 Å². The maximum Gasteiger partial charge on any atom is 0.311 e. The molecule has 2 saturated heterocycles. The minimum atomic E-state index is -0.620. The zero-order valence-corrected chi connectivity index (χ0v) is 11.6. The summed E-state index contributed by atoms with van der Waals surface area (Å²) in [5.74, 6) is -0.417. The summed E-state index contributed by atoms with van der Waals surface area (Å²) in [7, 11) is 0. The maximum absolute atomic E-state index is 12.1. The summed E-state index contributed by atoms with van der Waals surface area (Å²) in [6.45, 7) is 7.60. The minimum absolute atomic E-state index is 0.0886. The summed E-state index contributed by atoms with van der Waals surface area (Å²) in [4.78, 5) is 23.7. The standard InChI is InChI=1S/C14H22O4/c1-5-13(2,3)12(16)17-10-8-9-6-7-14(10,4)18-11(9)15/h9-10H,5-8H2,1-4H3. The number of esters is 2. The minimum Gasteiger partial charge on any atom is -0.458 e. The molecule has 0 radical (unpaired) electrons. The van der Waals surface area contributed by atoms with Gasteiger partial charge in [-0.1, -0.05) is 6.92 Å². The molecule has 0 spiro atoms. The fourth-order valence-electron chi connectivity index (χ4n) is 2.50. The molecule has 0 amide bonds. The van der Waals surface area contributed by atoms with Crippen LogP contribution in [0.1, 0.15) is 53.4 Å². The summed E-state index contributed by atoms with van der Waals surface area (Å²) in [5, 5.41) is 0. The predicted octanol–water partition coefficient (Wildman–Crippen LogP) is 2.45. The van der Waals surface area contributed by atoms with Crippen molar-refractivity contribution in [3.05, 3.63) is 0 Å². The van der Waals surface area contributed by atoms with Crippen LogP contribution in [0.5, 0.6) is 0 Å². The van der Waals surface area contributed by atoms with Crippen LogP contribution in [0, 0.1) is 11.3 Å². The highest BCUT2D eigenvalue weighted by molar-refractivity contribution is 5.77. The van der Waals surface area contributed by atoms with Crippen molar-refractivity contribution >= 4 is 11.9 Å². The SMILES string of the molecule is CCC(C)(C)C(=O)OC1CC2CCC1(C)OC2=O. The summed E-state index contributed by atoms with van der Waals surface area (Å²) >= 11 is 0. The molecule has 0 aromatic carbocycles. The predicted molar refractivity (Wildman–Crippen MR) is 65.8 cm³/mol. The second-order valence-corrected chi connectivity index (χ2v) is 6.34. The van der Waals surface area contributed by atoms with Gasteiger partial charge in [0.2, 0.25) is 0 Å². The molecule has 4 heteroatoms. The Hall–Kier alpha value is -1.06. The van der Waals surface area contributed by atoms with Gasteiger partial charge in [-0.05, 0) is 40.0 Å². The smallest absolute Gasteiger partial charge is 0.311 e. The molecule has 1 aliphatic carbocycles. The zero-order chi connectivity index (χ0) is 13.6. The third-order valence-corrected chi connectivity index (χ3v) is 4.52. The van der Waals surface area contributed by atoms with E-state index in [4.69, 9.17) is 9.47 Å². The third kappa shape index (κ3) is 2.13. The first-order valence-corrected chi connectivity index (χ1v) is 6.72. The lowest BCUT2D eigenvalue weighted by atomic mass is 9.74. The van der Waals surface area contributed by atoms with E-state index in [1.165, 1.54) is 0 Å². The molecule has 102 valence electrons. The van der Waals surface area contributed by atoms with E-state index in [9.17, 15) is 9.59 Å². The molecule has 3 rings (SSSR count). The van der Waals surface area contributed by atoms with Gasteiger partial charge in [-0.15, -0.1) is 0 Å². The van der Waals surface area contributed by atoms with Gasteiger partial charge in [0.15, 0.2) is 0 Å². The monoisotopic (exact) mass is 254 g/mol. The maximum atomic E-state index is 12.1. The van der Waals surface area contributed by atoms with Crippen molar-refractivity contribution in [2.24, 2.45) is 11.3 Å². The van der Waals surface area contributed by atoms with Crippen LogP contribution in [0.25, 0.3) is 0 Å². The van der Waals surface area contributed by atoms with Crippen molar-refractivity contribution in [2.75, 3.05) is 0 Å². The molecule has 3 aliphatic rings. The average molecular weight is 254 g/mol. The Morgan fingerprint density at radius 1 is 1.56 bits per heavy atom. The molecular weight excluding hydrogens is 232 g/mol. The van der Waals surface area contributed by atoms with Crippen LogP contribution in [0.15, 0.2) is 0 Å². The first-order valence-electron chi connectivity index (χ1n) is 6.72. The highest BCUT2D eigenvalue weighted by atomic mass is 16.6. The summed E-state index contributed by atoms with van der Waals surface area (Å²) in [5.41, 5.74) is -1.09. The van der Waals surface area contributed by atoms with Gasteiger partial charge in [-0.25, -0.2) is 0 Å². The largest absolute Gasteiger partial charge is 0.458 e. The molecule has 0 aromatic rings. The quantitative estimate of drug-likeness (QED) is 0.726. The topological polar surface area (TPSA) is 52.6 Å². The average Bonchev–Trinajstić information content (AvgIpc) is 2.30. The van der Waals surface area contributed by atoms with Crippen LogP contribution in [0.3, 0.4) is 0 Å². The molecule has 2 heterocycles. The van der Waals surface area contributed by atoms with Crippen molar-refractivity contribution in [2.45, 2.75) is 65.1 Å². The van der Waals surface area contributed by atoms with Crippen molar-refractivity contribution in [3.63, 3.8) is 0 Å². The number of rotatable bonds is 3. The number of hydrogen-bond donors (Lipinski definition) is 0. The molecule has 3 unspecified atom stereocenters. The van der Waals surface area contributed by atoms with E-state index in [1.807, 2.05) is 27.7 Å². The van der Waals surface area contributed by atoms with Gasteiger partial charge < -0.3 is 9.47 Å². The van der Waals surface area contributed by atoms with Gasteiger partial charge in [0.05, 0.1) is 11.3 Å². The Labute approximate surface area is 108 Å². The molecule has 18 heavy (non-hydrogen) atoms. The molecule has 3 atom stereocenters. The Kier molecular flexibility index (Phi) is 3.16. The summed E-state index contributed by atoms with van der Waals surface area (Å²) in [6.07, 6.45) is 2.70. The fraction of sp³-hybridized carbons (Fsp3) is 0.857. The van der Waals surface area contributed by atoms with Crippen molar-refractivity contribution in [1.29, 1.82) is 0 Å². The van der Waals surface area contributed by atoms with Gasteiger partial charge >= 0.3 is 11.9 Å². The van der Waals surface area contributed by atoms with Crippen LogP contribution in [0.4, 0.5) is 0 Å². The lowest BCUT2D eigenvalue weighted by Crippen LogP contribution is -2.57. The fourth-order valence-corrected chi connectivity index (χ4v) is 2.50. The van der Waals surface area contributed by atoms with Crippen molar-refractivity contribution in [1.82, 2.24) is 0 Å². The number of ether oxygens (including phenoxy) is 2. The van der Waals surface area contributed by atoms with E-state index < -0.39 is 11.0 Å².